The summed E-state index contributed by atoms with van der Waals surface area (Å²) in [5, 5.41) is 0. The Kier molecular flexibility index (Phi) is 5.01. The first-order valence-corrected chi connectivity index (χ1v) is 7.80. The fourth-order valence-corrected chi connectivity index (χ4v) is 3.28. The second-order valence-corrected chi connectivity index (χ2v) is 7.81. The topological polar surface area (TPSA) is 21.8 Å². The Hall–Kier alpha value is -0.643. The Balaban J connectivity index is 2.12. The van der Waals surface area contributed by atoms with Gasteiger partial charge in [0.1, 0.15) is 14.2 Å². The number of ether oxygens (including phenoxy) is 2. The van der Waals surface area contributed by atoms with Crippen molar-refractivity contribution in [1.82, 2.24) is 0 Å². The second kappa shape index (κ2) is 6.05. The first-order valence-electron chi connectivity index (χ1n) is 5.36. The fourth-order valence-electron chi connectivity index (χ4n) is 1.42. The van der Waals surface area contributed by atoms with Gasteiger partial charge >= 0.3 is 0 Å². The predicted octanol–water partition coefficient (Wildman–Crippen LogP) is 2.42. The summed E-state index contributed by atoms with van der Waals surface area (Å²) in [6.45, 7) is 14.0. The van der Waals surface area contributed by atoms with E-state index in [4.69, 9.17) is 9.47 Å². The maximum absolute atomic E-state index is 5.48. The van der Waals surface area contributed by atoms with Crippen LogP contribution in [0, 0.1) is 0 Å². The summed E-state index contributed by atoms with van der Waals surface area (Å²) in [6.07, 6.45) is 1.41. The van der Waals surface area contributed by atoms with Crippen LogP contribution in [0.25, 0.3) is 0 Å². The molecule has 15 heavy (non-hydrogen) atoms. The average Bonchev–Trinajstić information content (AvgIpc) is 3.08. The van der Waals surface area contributed by atoms with Gasteiger partial charge in [-0.05, 0) is 12.5 Å². The molecule has 0 N–H and O–H groups in total. The van der Waals surface area contributed by atoms with E-state index in [-0.39, 0.29) is 0 Å². The smallest absolute Gasteiger partial charge is 0.124 e. The largest absolute Gasteiger partial charge is 0.379 e. The molecule has 1 fully saturated rings. The molecule has 0 radical (unpaired) electrons. The molecule has 1 aliphatic rings. The van der Waals surface area contributed by atoms with E-state index in [1.54, 1.807) is 0 Å². The van der Waals surface area contributed by atoms with Crippen LogP contribution >= 0.6 is 0 Å². The van der Waals surface area contributed by atoms with Crippen molar-refractivity contribution in [3.05, 3.63) is 36.8 Å². The number of rotatable bonds is 9. The van der Waals surface area contributed by atoms with Crippen LogP contribution < -0.4 is 0 Å². The van der Waals surface area contributed by atoms with Crippen molar-refractivity contribution in [3.63, 3.8) is 0 Å². The Labute approximate surface area is 93.3 Å². The first kappa shape index (κ1) is 12.4. The molecule has 0 bridgehead atoms. The summed E-state index contributed by atoms with van der Waals surface area (Å²) in [4.78, 5) is 0. The van der Waals surface area contributed by atoms with E-state index in [0.717, 1.165) is 32.3 Å². The molecule has 1 saturated heterocycles. The van der Waals surface area contributed by atoms with Crippen molar-refractivity contribution in [3.8, 4) is 0 Å². The average molecular weight is 224 g/mol. The van der Waals surface area contributed by atoms with Crippen LogP contribution in [-0.4, -0.2) is 34.0 Å². The number of hydrogen-bond donors (Lipinski definition) is 0. The molecule has 1 rings (SSSR count). The van der Waals surface area contributed by atoms with Crippen molar-refractivity contribution >= 4 is 8.07 Å². The molecular weight excluding hydrogens is 204 g/mol. The van der Waals surface area contributed by atoms with Gasteiger partial charge in [-0.25, -0.2) is 0 Å². The van der Waals surface area contributed by atoms with Crippen molar-refractivity contribution in [2.45, 2.75) is 18.6 Å². The standard InChI is InChI=1S/C12H20O2Si/c1-4-15(5-2,6-3)9-7-8-13-10-12-11-14-12/h4-6,12H,1-3,7-11H2. The summed E-state index contributed by atoms with van der Waals surface area (Å²) in [5.41, 5.74) is 6.07. The van der Waals surface area contributed by atoms with Gasteiger partial charge in [0, 0.05) is 6.61 Å². The third-order valence-electron chi connectivity index (χ3n) is 2.74. The van der Waals surface area contributed by atoms with Crippen LogP contribution in [0.15, 0.2) is 36.8 Å². The molecule has 0 saturated carbocycles. The molecule has 3 heteroatoms. The van der Waals surface area contributed by atoms with Crippen LogP contribution in [0.2, 0.25) is 6.04 Å². The molecule has 1 heterocycles. The lowest BCUT2D eigenvalue weighted by molar-refractivity contribution is 0.117. The van der Waals surface area contributed by atoms with Crippen LogP contribution in [0.5, 0.6) is 0 Å². The van der Waals surface area contributed by atoms with Crippen molar-refractivity contribution < 1.29 is 9.47 Å². The summed E-state index contributed by atoms with van der Waals surface area (Å²) >= 11 is 0. The van der Waals surface area contributed by atoms with Gasteiger partial charge in [0.2, 0.25) is 0 Å². The third-order valence-corrected chi connectivity index (χ3v) is 6.24. The van der Waals surface area contributed by atoms with Gasteiger partial charge in [0.25, 0.3) is 0 Å². The minimum atomic E-state index is -1.60. The molecule has 1 atom stereocenters. The van der Waals surface area contributed by atoms with Crippen LogP contribution in [0.1, 0.15) is 6.42 Å². The molecular formula is C12H20O2Si. The normalized spacial score (nSPS) is 19.6. The van der Waals surface area contributed by atoms with E-state index in [2.05, 4.69) is 19.7 Å². The second-order valence-electron chi connectivity index (χ2n) is 3.86. The fraction of sp³-hybridized carbons (Fsp3) is 0.500. The SMILES string of the molecule is C=C[Si](C=C)(C=C)CCCOCC1CO1. The Morgan fingerprint density at radius 3 is 2.33 bits per heavy atom. The van der Waals surface area contributed by atoms with Gasteiger partial charge in [0.05, 0.1) is 13.2 Å². The van der Waals surface area contributed by atoms with E-state index >= 15 is 0 Å². The minimum Gasteiger partial charge on any atom is -0.379 e. The zero-order chi connectivity index (χ0) is 11.1. The van der Waals surface area contributed by atoms with Gasteiger partial charge in [-0.2, -0.15) is 0 Å². The minimum absolute atomic E-state index is 0.366. The molecule has 0 aromatic carbocycles. The van der Waals surface area contributed by atoms with E-state index < -0.39 is 8.07 Å². The van der Waals surface area contributed by atoms with Gasteiger partial charge in [-0.15, -0.1) is 19.7 Å². The molecule has 0 amide bonds. The first-order chi connectivity index (χ1) is 7.26. The van der Waals surface area contributed by atoms with E-state index in [1.165, 1.54) is 0 Å². The molecule has 0 aliphatic carbocycles. The molecule has 1 unspecified atom stereocenters. The monoisotopic (exact) mass is 224 g/mol. The summed E-state index contributed by atoms with van der Waals surface area (Å²) in [5.74, 6) is 0. The molecule has 2 nitrogen and oxygen atoms in total. The van der Waals surface area contributed by atoms with Gasteiger partial charge in [-0.3, -0.25) is 0 Å². The third kappa shape index (κ3) is 4.16. The van der Waals surface area contributed by atoms with E-state index in [1.807, 2.05) is 17.1 Å². The lowest BCUT2D eigenvalue weighted by atomic mass is 10.5. The summed E-state index contributed by atoms with van der Waals surface area (Å²) < 4.78 is 10.5. The highest BCUT2D eigenvalue weighted by molar-refractivity contribution is 6.93. The highest BCUT2D eigenvalue weighted by Gasteiger charge is 2.23. The lowest BCUT2D eigenvalue weighted by Gasteiger charge is -2.19. The number of hydrogen-bond acceptors (Lipinski definition) is 2. The van der Waals surface area contributed by atoms with Crippen molar-refractivity contribution in [2.75, 3.05) is 19.8 Å². The summed E-state index contributed by atoms with van der Waals surface area (Å²) in [7, 11) is -1.60. The summed E-state index contributed by atoms with van der Waals surface area (Å²) in [6, 6.07) is 1.09. The maximum atomic E-state index is 5.48. The molecule has 0 aromatic rings. The Morgan fingerprint density at radius 1 is 1.27 bits per heavy atom. The highest BCUT2D eigenvalue weighted by atomic mass is 28.3. The van der Waals surface area contributed by atoms with Gasteiger partial charge in [0.15, 0.2) is 0 Å². The van der Waals surface area contributed by atoms with Crippen molar-refractivity contribution in [2.24, 2.45) is 0 Å². The van der Waals surface area contributed by atoms with E-state index in [0.29, 0.717) is 6.10 Å². The quantitative estimate of drug-likeness (QED) is 0.341. The Morgan fingerprint density at radius 2 is 1.87 bits per heavy atom. The maximum Gasteiger partial charge on any atom is 0.124 e. The lowest BCUT2D eigenvalue weighted by Crippen LogP contribution is -2.26. The van der Waals surface area contributed by atoms with Gasteiger partial charge in [-0.1, -0.05) is 17.1 Å². The zero-order valence-electron chi connectivity index (χ0n) is 9.28. The van der Waals surface area contributed by atoms with E-state index in [9.17, 15) is 0 Å². The molecule has 0 spiro atoms. The Bertz CT molecular complexity index is 212. The number of epoxide rings is 1. The molecule has 0 aromatic heterocycles. The molecule has 84 valence electrons. The van der Waals surface area contributed by atoms with Crippen LogP contribution in [-0.2, 0) is 9.47 Å². The van der Waals surface area contributed by atoms with Crippen LogP contribution in [0.3, 0.4) is 0 Å². The van der Waals surface area contributed by atoms with Gasteiger partial charge < -0.3 is 9.47 Å². The predicted molar refractivity (Wildman–Crippen MR) is 66.3 cm³/mol. The molecule has 1 aliphatic heterocycles. The van der Waals surface area contributed by atoms with Crippen LogP contribution in [0.4, 0.5) is 0 Å². The highest BCUT2D eigenvalue weighted by Crippen LogP contribution is 2.16. The van der Waals surface area contributed by atoms with Crippen molar-refractivity contribution in [1.29, 1.82) is 0 Å². The zero-order valence-corrected chi connectivity index (χ0v) is 10.3.